The summed E-state index contributed by atoms with van der Waals surface area (Å²) >= 11 is 0. The van der Waals surface area contributed by atoms with Gasteiger partial charge in [-0.2, -0.15) is 0 Å². The lowest BCUT2D eigenvalue weighted by Gasteiger charge is -2.23. The number of benzene rings is 1. The lowest BCUT2D eigenvalue weighted by molar-refractivity contribution is -0.150. The van der Waals surface area contributed by atoms with E-state index in [-0.39, 0.29) is 5.92 Å². The Bertz CT molecular complexity index is 636. The van der Waals surface area contributed by atoms with Gasteiger partial charge in [0, 0.05) is 17.1 Å². The molecule has 0 saturated heterocycles. The first-order valence-electron chi connectivity index (χ1n) is 8.45. The lowest BCUT2D eigenvalue weighted by atomic mass is 9.90. The lowest BCUT2D eigenvalue weighted by Crippen LogP contribution is -2.27. The van der Waals surface area contributed by atoms with Crippen molar-refractivity contribution in [2.75, 3.05) is 6.61 Å². The van der Waals surface area contributed by atoms with Crippen LogP contribution in [0, 0.1) is 5.92 Å². The van der Waals surface area contributed by atoms with Crippen LogP contribution in [0.4, 0.5) is 0 Å². The molecule has 0 radical (unpaired) electrons. The van der Waals surface area contributed by atoms with Crippen molar-refractivity contribution < 1.29 is 19.1 Å². The van der Waals surface area contributed by atoms with Gasteiger partial charge in [0.2, 0.25) is 0 Å². The smallest absolute Gasteiger partial charge is 0.334 e. The first-order valence-corrected chi connectivity index (χ1v) is 8.45. The highest BCUT2D eigenvalue weighted by Gasteiger charge is 2.24. The number of hydrogen-bond donors (Lipinski definition) is 0. The molecular weight excluding hydrogens is 316 g/mol. The van der Waals surface area contributed by atoms with E-state index in [0.29, 0.717) is 24.2 Å². The van der Waals surface area contributed by atoms with E-state index in [2.05, 4.69) is 6.58 Å². The maximum absolute atomic E-state index is 12.4. The third-order valence-corrected chi connectivity index (χ3v) is 3.46. The maximum Gasteiger partial charge on any atom is 0.334 e. The third kappa shape index (κ3) is 7.38. The Balaban J connectivity index is 3.06. The second kappa shape index (κ2) is 9.21. The van der Waals surface area contributed by atoms with Gasteiger partial charge in [-0.1, -0.05) is 43.0 Å². The van der Waals surface area contributed by atoms with Gasteiger partial charge >= 0.3 is 11.9 Å². The van der Waals surface area contributed by atoms with Crippen molar-refractivity contribution in [2.24, 2.45) is 5.92 Å². The molecule has 0 amide bonds. The van der Waals surface area contributed by atoms with Gasteiger partial charge in [0.1, 0.15) is 5.60 Å². The molecule has 0 spiro atoms. The number of carbonyl (C=O) groups excluding carboxylic acids is 2. The Morgan fingerprint density at radius 3 is 2.28 bits per heavy atom. The first kappa shape index (κ1) is 20.7. The zero-order chi connectivity index (χ0) is 19.0. The van der Waals surface area contributed by atoms with Gasteiger partial charge < -0.3 is 9.47 Å². The van der Waals surface area contributed by atoms with Gasteiger partial charge in [0.25, 0.3) is 0 Å². The van der Waals surface area contributed by atoms with Crippen LogP contribution in [-0.4, -0.2) is 24.1 Å². The molecule has 1 aromatic rings. The molecule has 0 N–H and O–H groups in total. The fraction of sp³-hybridized carbons (Fsp3) is 0.429. The summed E-state index contributed by atoms with van der Waals surface area (Å²) in [6.45, 7) is 13.1. The fourth-order valence-corrected chi connectivity index (χ4v) is 2.26. The molecule has 1 aromatic carbocycles. The van der Waals surface area contributed by atoms with Gasteiger partial charge in [-0.15, -0.1) is 0 Å². The Labute approximate surface area is 150 Å². The Hall–Kier alpha value is -2.36. The third-order valence-electron chi connectivity index (χ3n) is 3.46. The van der Waals surface area contributed by atoms with Crippen LogP contribution in [0.1, 0.15) is 40.2 Å². The fourth-order valence-electron chi connectivity index (χ4n) is 2.26. The van der Waals surface area contributed by atoms with Crippen molar-refractivity contribution in [2.45, 2.75) is 46.6 Å². The minimum Gasteiger partial charge on any atom is -0.463 e. The average molecular weight is 344 g/mol. The average Bonchev–Trinajstić information content (AvgIpc) is 2.53. The van der Waals surface area contributed by atoms with E-state index in [0.717, 1.165) is 5.56 Å². The minimum atomic E-state index is -0.600. The Kier molecular flexibility index (Phi) is 7.62. The molecule has 25 heavy (non-hydrogen) atoms. The summed E-state index contributed by atoms with van der Waals surface area (Å²) in [5, 5.41) is 0. The number of rotatable bonds is 7. The zero-order valence-electron chi connectivity index (χ0n) is 15.8. The van der Waals surface area contributed by atoms with E-state index < -0.39 is 17.5 Å². The van der Waals surface area contributed by atoms with Crippen LogP contribution >= 0.6 is 0 Å². The molecule has 0 unspecified atom stereocenters. The zero-order valence-corrected chi connectivity index (χ0v) is 15.8. The molecule has 4 heteroatoms. The quantitative estimate of drug-likeness (QED) is 0.548. The van der Waals surface area contributed by atoms with E-state index in [1.807, 2.05) is 51.1 Å². The van der Waals surface area contributed by atoms with Crippen LogP contribution in [0.25, 0.3) is 0 Å². The summed E-state index contributed by atoms with van der Waals surface area (Å²) in [4.78, 5) is 24.3. The van der Waals surface area contributed by atoms with E-state index in [1.165, 1.54) is 0 Å². The largest absolute Gasteiger partial charge is 0.463 e. The molecule has 1 atom stereocenters. The van der Waals surface area contributed by atoms with Crippen molar-refractivity contribution in [1.82, 2.24) is 0 Å². The monoisotopic (exact) mass is 344 g/mol. The predicted molar refractivity (Wildman–Crippen MR) is 99.0 cm³/mol. The highest BCUT2D eigenvalue weighted by molar-refractivity contribution is 5.91. The Morgan fingerprint density at radius 1 is 1.16 bits per heavy atom. The summed E-state index contributed by atoms with van der Waals surface area (Å²) in [6.07, 6.45) is 2.28. The van der Waals surface area contributed by atoms with Crippen LogP contribution in [0.3, 0.4) is 0 Å². The second-order valence-corrected chi connectivity index (χ2v) is 6.89. The molecule has 0 heterocycles. The topological polar surface area (TPSA) is 52.6 Å². The summed E-state index contributed by atoms with van der Waals surface area (Å²) in [5.74, 6) is -1.19. The SMILES string of the molecule is C=C(C(=O)OC(C)(C)C)[C@H](/C=C(\C)C(=O)OCC)Cc1ccccc1. The molecule has 136 valence electrons. The van der Waals surface area contributed by atoms with Crippen LogP contribution in [0.15, 0.2) is 54.1 Å². The van der Waals surface area contributed by atoms with Gasteiger partial charge in [-0.25, -0.2) is 9.59 Å². The highest BCUT2D eigenvalue weighted by atomic mass is 16.6. The molecule has 0 aliphatic carbocycles. The van der Waals surface area contributed by atoms with Crippen molar-refractivity contribution in [3.8, 4) is 0 Å². The maximum atomic E-state index is 12.4. The van der Waals surface area contributed by atoms with Crippen molar-refractivity contribution in [3.63, 3.8) is 0 Å². The van der Waals surface area contributed by atoms with Crippen LogP contribution < -0.4 is 0 Å². The van der Waals surface area contributed by atoms with Gasteiger partial charge in [0.05, 0.1) is 6.61 Å². The standard InChI is InChI=1S/C21H28O4/c1-7-24-19(22)15(2)13-18(14-17-11-9-8-10-12-17)16(3)20(23)25-21(4,5)6/h8-13,18H,3,7,14H2,1-2,4-6H3/b15-13+/t18-/m1/s1. The van der Waals surface area contributed by atoms with Crippen molar-refractivity contribution in [3.05, 3.63) is 59.7 Å². The normalized spacial score (nSPS) is 13.1. The highest BCUT2D eigenvalue weighted by Crippen LogP contribution is 2.23. The van der Waals surface area contributed by atoms with Crippen LogP contribution in [-0.2, 0) is 25.5 Å². The number of esters is 2. The minimum absolute atomic E-state index is 0.306. The number of ether oxygens (including phenoxy) is 2. The predicted octanol–water partition coefficient (Wildman–Crippen LogP) is 4.25. The molecule has 1 rings (SSSR count). The molecule has 0 saturated carbocycles. The van der Waals surface area contributed by atoms with Gasteiger partial charge in [-0.05, 0) is 46.6 Å². The van der Waals surface area contributed by atoms with Crippen molar-refractivity contribution >= 4 is 11.9 Å². The first-order chi connectivity index (χ1) is 11.6. The van der Waals surface area contributed by atoms with Gasteiger partial charge in [-0.3, -0.25) is 0 Å². The van der Waals surface area contributed by atoms with E-state index in [1.54, 1.807) is 19.9 Å². The van der Waals surface area contributed by atoms with E-state index in [4.69, 9.17) is 9.47 Å². The summed E-state index contributed by atoms with van der Waals surface area (Å²) in [6, 6.07) is 9.75. The number of carbonyl (C=O) groups is 2. The number of hydrogen-bond acceptors (Lipinski definition) is 4. The molecule has 0 bridgehead atoms. The van der Waals surface area contributed by atoms with Gasteiger partial charge in [0.15, 0.2) is 0 Å². The molecule has 4 nitrogen and oxygen atoms in total. The Morgan fingerprint density at radius 2 is 1.76 bits per heavy atom. The summed E-state index contributed by atoms with van der Waals surface area (Å²) in [5.41, 5.74) is 1.22. The molecule has 0 aliphatic heterocycles. The van der Waals surface area contributed by atoms with Crippen LogP contribution in [0.5, 0.6) is 0 Å². The summed E-state index contributed by atoms with van der Waals surface area (Å²) < 4.78 is 10.4. The van der Waals surface area contributed by atoms with Crippen molar-refractivity contribution in [1.29, 1.82) is 0 Å². The van der Waals surface area contributed by atoms with E-state index in [9.17, 15) is 9.59 Å². The molecule has 0 fully saturated rings. The van der Waals surface area contributed by atoms with E-state index >= 15 is 0 Å². The second-order valence-electron chi connectivity index (χ2n) is 6.89. The number of allylic oxidation sites excluding steroid dienone is 1. The van der Waals surface area contributed by atoms with Crippen LogP contribution in [0.2, 0.25) is 0 Å². The molecular formula is C21H28O4. The molecule has 0 aliphatic rings. The summed E-state index contributed by atoms with van der Waals surface area (Å²) in [7, 11) is 0. The molecule has 0 aromatic heterocycles.